The minimum absolute atomic E-state index is 0.228. The Bertz CT molecular complexity index is 770. The van der Waals surface area contributed by atoms with E-state index in [9.17, 15) is 4.79 Å². The molecular weight excluding hydrogens is 322 g/mol. The number of carbonyl (C=O) groups excluding carboxylic acids is 1. The molecule has 0 radical (unpaired) electrons. The molecule has 0 bridgehead atoms. The van der Waals surface area contributed by atoms with Crippen LogP contribution in [-0.2, 0) is 19.5 Å². The van der Waals surface area contributed by atoms with Crippen molar-refractivity contribution in [3.8, 4) is 17.2 Å². The highest BCUT2D eigenvalue weighted by Crippen LogP contribution is 2.39. The van der Waals surface area contributed by atoms with Crippen molar-refractivity contribution in [3.63, 3.8) is 0 Å². The van der Waals surface area contributed by atoms with Crippen LogP contribution in [0, 0.1) is 0 Å². The number of hydrogen-bond donors (Lipinski definition) is 1. The van der Waals surface area contributed by atoms with E-state index < -0.39 is 0 Å². The Kier molecular flexibility index (Phi) is 5.11. The topological polar surface area (TPSA) is 74.6 Å². The molecule has 0 saturated heterocycles. The number of amides is 1. The number of carbonyl (C=O) groups is 1. The number of benzene rings is 1. The predicted octanol–water partition coefficient (Wildman–Crippen LogP) is 2.18. The van der Waals surface area contributed by atoms with Gasteiger partial charge in [-0.25, -0.2) is 0 Å². The van der Waals surface area contributed by atoms with Gasteiger partial charge in [-0.2, -0.15) is 5.10 Å². The van der Waals surface area contributed by atoms with Crippen molar-refractivity contribution in [3.05, 3.63) is 35.2 Å². The number of hydrogen-bond acceptors (Lipinski definition) is 5. The minimum Gasteiger partial charge on any atom is -0.493 e. The number of aromatic nitrogens is 2. The average Bonchev–Trinajstić information content (AvgIpc) is 3.07. The van der Waals surface area contributed by atoms with E-state index in [-0.39, 0.29) is 5.91 Å². The monoisotopic (exact) mass is 345 g/mol. The summed E-state index contributed by atoms with van der Waals surface area (Å²) in [5, 5.41) is 7.34. The van der Waals surface area contributed by atoms with Crippen LogP contribution >= 0.6 is 0 Å². The summed E-state index contributed by atoms with van der Waals surface area (Å²) >= 11 is 0. The van der Waals surface area contributed by atoms with E-state index >= 15 is 0 Å². The molecule has 0 unspecified atom stereocenters. The molecule has 1 aliphatic heterocycles. The third kappa shape index (κ3) is 3.26. The standard InChI is InChI=1S/C18H23N3O4/c1-23-15-8-7-13(16(24-2)17(15)25-3)18(22)19-10-12-11-20-21-9-5-4-6-14(12)21/h7-8,11H,4-6,9-10H2,1-3H3,(H,19,22). The molecule has 0 atom stereocenters. The maximum Gasteiger partial charge on any atom is 0.255 e. The molecule has 2 aromatic rings. The van der Waals surface area contributed by atoms with Crippen molar-refractivity contribution < 1.29 is 19.0 Å². The van der Waals surface area contributed by atoms with Crippen molar-refractivity contribution in [1.82, 2.24) is 15.1 Å². The number of fused-ring (bicyclic) bond motifs is 1. The molecule has 0 spiro atoms. The largest absolute Gasteiger partial charge is 0.493 e. The highest BCUT2D eigenvalue weighted by molar-refractivity contribution is 5.98. The van der Waals surface area contributed by atoms with Gasteiger partial charge >= 0.3 is 0 Å². The molecule has 1 aliphatic rings. The highest BCUT2D eigenvalue weighted by Gasteiger charge is 2.21. The predicted molar refractivity (Wildman–Crippen MR) is 92.4 cm³/mol. The molecular formula is C18H23N3O4. The maximum atomic E-state index is 12.6. The van der Waals surface area contributed by atoms with Crippen LogP contribution < -0.4 is 19.5 Å². The fourth-order valence-corrected chi connectivity index (χ4v) is 3.18. The van der Waals surface area contributed by atoms with Crippen molar-refractivity contribution in [2.75, 3.05) is 21.3 Å². The van der Waals surface area contributed by atoms with Crippen LogP contribution in [0.1, 0.15) is 34.5 Å². The van der Waals surface area contributed by atoms with Gasteiger partial charge in [0.15, 0.2) is 11.5 Å². The van der Waals surface area contributed by atoms with Gasteiger partial charge in [0.1, 0.15) is 0 Å². The summed E-state index contributed by atoms with van der Waals surface area (Å²) in [6, 6.07) is 3.36. The summed E-state index contributed by atoms with van der Waals surface area (Å²) in [4.78, 5) is 12.6. The molecule has 2 heterocycles. The normalized spacial score (nSPS) is 13.1. The lowest BCUT2D eigenvalue weighted by Gasteiger charge is -2.16. The van der Waals surface area contributed by atoms with E-state index in [4.69, 9.17) is 14.2 Å². The molecule has 1 aromatic carbocycles. The third-order valence-electron chi connectivity index (χ3n) is 4.46. The number of rotatable bonds is 6. The van der Waals surface area contributed by atoms with Gasteiger partial charge in [-0.1, -0.05) is 0 Å². The summed E-state index contributed by atoms with van der Waals surface area (Å²) in [6.45, 7) is 1.39. The Labute approximate surface area is 146 Å². The van der Waals surface area contributed by atoms with Crippen molar-refractivity contribution >= 4 is 5.91 Å². The zero-order chi connectivity index (χ0) is 17.8. The van der Waals surface area contributed by atoms with E-state index in [0.29, 0.717) is 29.4 Å². The van der Waals surface area contributed by atoms with E-state index in [1.807, 2.05) is 10.9 Å². The number of nitrogens with zero attached hydrogens (tertiary/aromatic N) is 2. The summed E-state index contributed by atoms with van der Waals surface area (Å²) in [5.74, 6) is 1.05. The van der Waals surface area contributed by atoms with Crippen molar-refractivity contribution in [2.24, 2.45) is 0 Å². The smallest absolute Gasteiger partial charge is 0.255 e. The zero-order valence-corrected chi connectivity index (χ0v) is 14.8. The summed E-state index contributed by atoms with van der Waals surface area (Å²) in [5.41, 5.74) is 2.68. The van der Waals surface area contributed by atoms with Crippen LogP contribution in [0.3, 0.4) is 0 Å². The summed E-state index contributed by atoms with van der Waals surface area (Å²) in [6.07, 6.45) is 5.16. The van der Waals surface area contributed by atoms with Crippen LogP contribution in [0.2, 0.25) is 0 Å². The van der Waals surface area contributed by atoms with Crippen molar-refractivity contribution in [2.45, 2.75) is 32.4 Å². The van der Waals surface area contributed by atoms with Gasteiger partial charge in [-0.05, 0) is 31.4 Å². The van der Waals surface area contributed by atoms with E-state index in [1.54, 1.807) is 19.2 Å². The fourth-order valence-electron chi connectivity index (χ4n) is 3.18. The Morgan fingerprint density at radius 1 is 1.16 bits per heavy atom. The molecule has 0 fully saturated rings. The molecule has 7 nitrogen and oxygen atoms in total. The van der Waals surface area contributed by atoms with Gasteiger partial charge in [0.05, 0.1) is 33.1 Å². The van der Waals surface area contributed by atoms with Gasteiger partial charge in [-0.15, -0.1) is 0 Å². The average molecular weight is 345 g/mol. The highest BCUT2D eigenvalue weighted by atomic mass is 16.5. The molecule has 0 saturated carbocycles. The lowest BCUT2D eigenvalue weighted by atomic mass is 10.1. The maximum absolute atomic E-state index is 12.6. The van der Waals surface area contributed by atoms with Crippen molar-refractivity contribution in [1.29, 1.82) is 0 Å². The second kappa shape index (κ2) is 7.46. The summed E-state index contributed by atoms with van der Waals surface area (Å²) in [7, 11) is 4.56. The van der Waals surface area contributed by atoms with Gasteiger partial charge < -0.3 is 19.5 Å². The number of methoxy groups -OCH3 is 3. The molecule has 25 heavy (non-hydrogen) atoms. The van der Waals surface area contributed by atoms with Gasteiger partial charge in [0, 0.05) is 24.3 Å². The van der Waals surface area contributed by atoms with E-state index in [2.05, 4.69) is 10.4 Å². The molecule has 0 aliphatic carbocycles. The van der Waals surface area contributed by atoms with Gasteiger partial charge in [0.25, 0.3) is 5.91 Å². The minimum atomic E-state index is -0.228. The SMILES string of the molecule is COc1ccc(C(=O)NCc2cnn3c2CCCC3)c(OC)c1OC. The second-order valence-corrected chi connectivity index (χ2v) is 5.86. The fraction of sp³-hybridized carbons (Fsp3) is 0.444. The van der Waals surface area contributed by atoms with Crippen LogP contribution in [0.5, 0.6) is 17.2 Å². The number of nitrogens with one attached hydrogen (secondary N) is 1. The number of aryl methyl sites for hydroxylation is 1. The summed E-state index contributed by atoms with van der Waals surface area (Å²) < 4.78 is 18.0. The number of ether oxygens (including phenoxy) is 3. The van der Waals surface area contributed by atoms with Crippen LogP contribution in [0.4, 0.5) is 0 Å². The molecule has 7 heteroatoms. The van der Waals surface area contributed by atoms with Crippen LogP contribution in [0.15, 0.2) is 18.3 Å². The molecule has 134 valence electrons. The lowest BCUT2D eigenvalue weighted by Crippen LogP contribution is -2.24. The Hall–Kier alpha value is -2.70. The second-order valence-electron chi connectivity index (χ2n) is 5.86. The first-order chi connectivity index (χ1) is 12.2. The quantitative estimate of drug-likeness (QED) is 0.868. The molecule has 3 rings (SSSR count). The van der Waals surface area contributed by atoms with E-state index in [0.717, 1.165) is 31.4 Å². The van der Waals surface area contributed by atoms with E-state index in [1.165, 1.54) is 19.9 Å². The lowest BCUT2D eigenvalue weighted by molar-refractivity contribution is 0.0947. The first-order valence-corrected chi connectivity index (χ1v) is 8.30. The first-order valence-electron chi connectivity index (χ1n) is 8.30. The van der Waals surface area contributed by atoms with Gasteiger partial charge in [-0.3, -0.25) is 9.48 Å². The molecule has 1 N–H and O–H groups in total. The molecule has 1 amide bonds. The van der Waals surface area contributed by atoms with Crippen LogP contribution in [0.25, 0.3) is 0 Å². The molecule has 1 aromatic heterocycles. The first kappa shape index (κ1) is 17.1. The zero-order valence-electron chi connectivity index (χ0n) is 14.8. The van der Waals surface area contributed by atoms with Crippen LogP contribution in [-0.4, -0.2) is 37.0 Å². The Morgan fingerprint density at radius 3 is 2.68 bits per heavy atom. The Morgan fingerprint density at radius 2 is 1.96 bits per heavy atom. The third-order valence-corrected chi connectivity index (χ3v) is 4.46. The van der Waals surface area contributed by atoms with Gasteiger partial charge in [0.2, 0.25) is 5.75 Å². The Balaban J connectivity index is 1.78.